The number of nitrogens with zero attached hydrogens (tertiary/aromatic N) is 2. The number of pyridine rings is 1. The van der Waals surface area contributed by atoms with Gasteiger partial charge in [-0.1, -0.05) is 37.3 Å². The molecule has 0 radical (unpaired) electrons. The third kappa shape index (κ3) is 4.18. The first kappa shape index (κ1) is 14.2. The first-order valence-corrected chi connectivity index (χ1v) is 6.90. The Hall–Kier alpha value is -2.18. The average Bonchev–Trinajstić information content (AvgIpc) is 2.52. The minimum atomic E-state index is 0.474. The van der Waals surface area contributed by atoms with Crippen LogP contribution in [-0.4, -0.2) is 11.5 Å². The Morgan fingerprint density at radius 1 is 1.25 bits per heavy atom. The molecule has 2 aromatic rings. The van der Waals surface area contributed by atoms with Crippen LogP contribution in [0.3, 0.4) is 0 Å². The van der Waals surface area contributed by atoms with Crippen LogP contribution in [0.4, 0.5) is 0 Å². The van der Waals surface area contributed by atoms with Gasteiger partial charge in [0.25, 0.3) is 0 Å². The van der Waals surface area contributed by atoms with Crippen LogP contribution in [0.1, 0.15) is 36.1 Å². The standard InChI is InChI=1S/C17H19N3/c1-14(16-5-3-2-4-6-16)7-9-19-13-15-8-10-20-17(11-15)12-18/h2-6,8,10-11,14,19H,7,9,13H2,1H3. The molecule has 1 aromatic carbocycles. The highest BCUT2D eigenvalue weighted by Gasteiger charge is 2.04. The fourth-order valence-corrected chi connectivity index (χ4v) is 2.14. The summed E-state index contributed by atoms with van der Waals surface area (Å²) in [5.74, 6) is 0.552. The zero-order valence-corrected chi connectivity index (χ0v) is 11.7. The summed E-state index contributed by atoms with van der Waals surface area (Å²) < 4.78 is 0. The lowest BCUT2D eigenvalue weighted by atomic mass is 9.98. The lowest BCUT2D eigenvalue weighted by Gasteiger charge is -2.12. The number of nitrogens with one attached hydrogen (secondary N) is 1. The molecule has 1 heterocycles. The second kappa shape index (κ2) is 7.42. The van der Waals surface area contributed by atoms with Gasteiger partial charge in [0.05, 0.1) is 0 Å². The largest absolute Gasteiger partial charge is 0.313 e. The molecule has 2 rings (SSSR count). The lowest BCUT2D eigenvalue weighted by Crippen LogP contribution is -2.16. The van der Waals surface area contributed by atoms with Gasteiger partial charge in [-0.25, -0.2) is 4.98 Å². The minimum absolute atomic E-state index is 0.474. The highest BCUT2D eigenvalue weighted by atomic mass is 14.8. The molecule has 1 atom stereocenters. The molecule has 0 aliphatic rings. The molecule has 0 amide bonds. The molecule has 0 bridgehead atoms. The Balaban J connectivity index is 1.75. The zero-order chi connectivity index (χ0) is 14.2. The average molecular weight is 265 g/mol. The van der Waals surface area contributed by atoms with E-state index in [0.29, 0.717) is 11.6 Å². The maximum absolute atomic E-state index is 8.80. The number of hydrogen-bond acceptors (Lipinski definition) is 3. The van der Waals surface area contributed by atoms with E-state index in [1.165, 1.54) is 5.56 Å². The minimum Gasteiger partial charge on any atom is -0.313 e. The van der Waals surface area contributed by atoms with Crippen molar-refractivity contribution in [3.63, 3.8) is 0 Å². The monoisotopic (exact) mass is 265 g/mol. The summed E-state index contributed by atoms with van der Waals surface area (Å²) in [6, 6.07) is 16.4. The van der Waals surface area contributed by atoms with Crippen molar-refractivity contribution in [1.29, 1.82) is 5.26 Å². The van der Waals surface area contributed by atoms with E-state index in [9.17, 15) is 0 Å². The van der Waals surface area contributed by atoms with E-state index in [2.05, 4.69) is 47.6 Å². The molecule has 0 aliphatic carbocycles. The van der Waals surface area contributed by atoms with Crippen LogP contribution in [0.2, 0.25) is 0 Å². The molecule has 0 aliphatic heterocycles. The third-order valence-electron chi connectivity index (χ3n) is 3.39. The number of hydrogen-bond donors (Lipinski definition) is 1. The quantitative estimate of drug-likeness (QED) is 0.816. The first-order chi connectivity index (χ1) is 9.79. The van der Waals surface area contributed by atoms with Crippen molar-refractivity contribution in [3.8, 4) is 6.07 Å². The molecule has 0 spiro atoms. The second-order valence-electron chi connectivity index (χ2n) is 4.94. The molecule has 1 unspecified atom stereocenters. The summed E-state index contributed by atoms with van der Waals surface area (Å²) in [4.78, 5) is 3.97. The van der Waals surface area contributed by atoms with Gasteiger partial charge in [0.1, 0.15) is 11.8 Å². The zero-order valence-electron chi connectivity index (χ0n) is 11.7. The van der Waals surface area contributed by atoms with Crippen LogP contribution < -0.4 is 5.32 Å². The maximum atomic E-state index is 8.80. The van der Waals surface area contributed by atoms with Gasteiger partial charge < -0.3 is 5.32 Å². The number of nitriles is 1. The van der Waals surface area contributed by atoms with Crippen molar-refractivity contribution >= 4 is 0 Å². The van der Waals surface area contributed by atoms with Crippen molar-refractivity contribution < 1.29 is 0 Å². The van der Waals surface area contributed by atoms with Crippen LogP contribution in [0.25, 0.3) is 0 Å². The summed E-state index contributed by atoms with van der Waals surface area (Å²) in [5, 5.41) is 12.2. The highest BCUT2D eigenvalue weighted by Crippen LogP contribution is 2.17. The predicted octanol–water partition coefficient (Wildman–Crippen LogP) is 3.24. The first-order valence-electron chi connectivity index (χ1n) is 6.90. The Morgan fingerprint density at radius 2 is 2.05 bits per heavy atom. The SMILES string of the molecule is CC(CCNCc1ccnc(C#N)c1)c1ccccc1. The number of rotatable bonds is 6. The Morgan fingerprint density at radius 3 is 2.80 bits per heavy atom. The van der Waals surface area contributed by atoms with Gasteiger partial charge in [-0.15, -0.1) is 0 Å². The summed E-state index contributed by atoms with van der Waals surface area (Å²) in [6.07, 6.45) is 2.78. The van der Waals surface area contributed by atoms with Gasteiger partial charge in [0.15, 0.2) is 0 Å². The van der Waals surface area contributed by atoms with Crippen LogP contribution >= 0.6 is 0 Å². The number of benzene rings is 1. The van der Waals surface area contributed by atoms with Gasteiger partial charge in [-0.05, 0) is 42.1 Å². The lowest BCUT2D eigenvalue weighted by molar-refractivity contribution is 0.594. The molecular formula is C17H19N3. The molecule has 1 N–H and O–H groups in total. The number of aromatic nitrogens is 1. The van der Waals surface area contributed by atoms with E-state index in [-0.39, 0.29) is 0 Å². The van der Waals surface area contributed by atoms with E-state index in [4.69, 9.17) is 5.26 Å². The topological polar surface area (TPSA) is 48.7 Å². The van der Waals surface area contributed by atoms with E-state index in [1.54, 1.807) is 6.20 Å². The smallest absolute Gasteiger partial charge is 0.140 e. The molecule has 20 heavy (non-hydrogen) atoms. The fraction of sp³-hybridized carbons (Fsp3) is 0.294. The van der Waals surface area contributed by atoms with Crippen LogP contribution in [0.5, 0.6) is 0 Å². The fourth-order valence-electron chi connectivity index (χ4n) is 2.14. The summed E-state index contributed by atoms with van der Waals surface area (Å²) >= 11 is 0. The van der Waals surface area contributed by atoms with E-state index >= 15 is 0 Å². The summed E-state index contributed by atoms with van der Waals surface area (Å²) in [7, 11) is 0. The normalized spacial score (nSPS) is 11.8. The van der Waals surface area contributed by atoms with Crippen molar-refractivity contribution in [2.75, 3.05) is 6.54 Å². The molecule has 0 saturated carbocycles. The van der Waals surface area contributed by atoms with Crippen LogP contribution in [-0.2, 0) is 6.54 Å². The molecule has 0 fully saturated rings. The van der Waals surface area contributed by atoms with E-state index < -0.39 is 0 Å². The molecular weight excluding hydrogens is 246 g/mol. The molecule has 3 nitrogen and oxygen atoms in total. The van der Waals surface area contributed by atoms with Gasteiger partial charge in [-0.2, -0.15) is 5.26 Å². The maximum Gasteiger partial charge on any atom is 0.140 e. The molecule has 102 valence electrons. The molecule has 0 saturated heterocycles. The molecule has 3 heteroatoms. The van der Waals surface area contributed by atoms with Crippen molar-refractivity contribution in [1.82, 2.24) is 10.3 Å². The third-order valence-corrected chi connectivity index (χ3v) is 3.39. The summed E-state index contributed by atoms with van der Waals surface area (Å²) in [5.41, 5.74) is 2.95. The Bertz CT molecular complexity index is 572. The van der Waals surface area contributed by atoms with Gasteiger partial charge in [-0.3, -0.25) is 0 Å². The highest BCUT2D eigenvalue weighted by molar-refractivity contribution is 5.25. The Kier molecular flexibility index (Phi) is 5.28. The van der Waals surface area contributed by atoms with Gasteiger partial charge >= 0.3 is 0 Å². The predicted molar refractivity (Wildman–Crippen MR) is 80.1 cm³/mol. The van der Waals surface area contributed by atoms with Gasteiger partial charge in [0, 0.05) is 12.7 Å². The summed E-state index contributed by atoms with van der Waals surface area (Å²) in [6.45, 7) is 3.98. The van der Waals surface area contributed by atoms with Crippen molar-refractivity contribution in [2.45, 2.75) is 25.8 Å². The van der Waals surface area contributed by atoms with E-state index in [0.717, 1.165) is 25.1 Å². The van der Waals surface area contributed by atoms with Crippen molar-refractivity contribution in [3.05, 3.63) is 65.5 Å². The van der Waals surface area contributed by atoms with Crippen LogP contribution in [0.15, 0.2) is 48.7 Å². The van der Waals surface area contributed by atoms with E-state index in [1.807, 2.05) is 18.2 Å². The second-order valence-corrected chi connectivity index (χ2v) is 4.94. The van der Waals surface area contributed by atoms with Gasteiger partial charge in [0.2, 0.25) is 0 Å². The molecule has 1 aromatic heterocycles. The Labute approximate surface area is 120 Å². The van der Waals surface area contributed by atoms with Crippen molar-refractivity contribution in [2.24, 2.45) is 0 Å². The van der Waals surface area contributed by atoms with Crippen LogP contribution in [0, 0.1) is 11.3 Å².